The molecule has 0 aliphatic rings. The van der Waals surface area contributed by atoms with Gasteiger partial charge in [0.05, 0.1) is 0 Å². The van der Waals surface area contributed by atoms with Gasteiger partial charge < -0.3 is 6.42 Å². The molecule has 0 bridgehead atoms. The number of hydrogen-bond donors (Lipinski definition) is 0. The van der Waals surface area contributed by atoms with Crippen LogP contribution < -0.4 is 18.9 Å². The molecule has 0 fully saturated rings. The Kier molecular flexibility index (Phi) is 4.90. The first-order valence-electron chi connectivity index (χ1n) is 2.51. The van der Waals surface area contributed by atoms with Crippen LogP contribution >= 0.6 is 22.6 Å². The first kappa shape index (κ1) is 10.1. The van der Waals surface area contributed by atoms with Crippen molar-refractivity contribution < 1.29 is 18.9 Å². The fourth-order valence-corrected chi connectivity index (χ4v) is 0.893. The van der Waals surface area contributed by atoms with Crippen LogP contribution in [0.5, 0.6) is 0 Å². The van der Waals surface area contributed by atoms with Crippen molar-refractivity contribution in [2.75, 3.05) is 0 Å². The van der Waals surface area contributed by atoms with E-state index in [1.54, 1.807) is 0 Å². The van der Waals surface area contributed by atoms with Gasteiger partial charge in [0.1, 0.15) is 0 Å². The number of hydrogen-bond acceptors (Lipinski definition) is 0. The van der Waals surface area contributed by atoms with E-state index in [4.69, 9.17) is 6.42 Å². The van der Waals surface area contributed by atoms with Gasteiger partial charge >= 0.3 is 18.9 Å². The van der Waals surface area contributed by atoms with Crippen LogP contribution in [-0.2, 0) is 0 Å². The summed E-state index contributed by atoms with van der Waals surface area (Å²) >= 11 is 2.22. The Morgan fingerprint density at radius 2 is 1.70 bits per heavy atom. The van der Waals surface area contributed by atoms with Gasteiger partial charge in [-0.25, -0.2) is 0 Å². The van der Waals surface area contributed by atoms with E-state index < -0.39 is 0 Å². The van der Waals surface area contributed by atoms with E-state index in [1.165, 1.54) is 3.57 Å². The molecule has 0 nitrogen and oxygen atoms in total. The van der Waals surface area contributed by atoms with Crippen molar-refractivity contribution in [1.82, 2.24) is 0 Å². The molecule has 0 atom stereocenters. The number of halogens is 1. The van der Waals surface area contributed by atoms with E-state index in [9.17, 15) is 0 Å². The van der Waals surface area contributed by atoms with E-state index in [2.05, 4.69) is 28.5 Å². The van der Waals surface area contributed by atoms with Crippen LogP contribution in [-0.4, -0.2) is 0 Å². The van der Waals surface area contributed by atoms with Gasteiger partial charge in [0, 0.05) is 3.57 Å². The molecule has 0 amide bonds. The van der Waals surface area contributed by atoms with Crippen LogP contribution in [0.3, 0.4) is 0 Å². The van der Waals surface area contributed by atoms with Crippen molar-refractivity contribution >= 4 is 22.6 Å². The quantitative estimate of drug-likeness (QED) is 0.239. The Bertz CT molecular complexity index is 232. The predicted molar refractivity (Wildman–Crippen MR) is 45.4 cm³/mol. The third kappa shape index (κ3) is 2.79. The average molecular weight is 234 g/mol. The molecule has 0 aliphatic carbocycles. The van der Waals surface area contributed by atoms with Crippen molar-refractivity contribution in [1.29, 1.82) is 0 Å². The van der Waals surface area contributed by atoms with Crippen molar-refractivity contribution in [2.45, 2.75) is 0 Å². The minimum absolute atomic E-state index is 0. The average Bonchev–Trinajstić information content (AvgIpc) is 1.90. The molecule has 2 heteroatoms. The van der Waals surface area contributed by atoms with Crippen molar-refractivity contribution in [2.24, 2.45) is 0 Å². The maximum Gasteiger partial charge on any atom is 1.00 e. The molecule has 0 spiro atoms. The molecular weight excluding hydrogens is 230 g/mol. The van der Waals surface area contributed by atoms with Gasteiger partial charge in [-0.05, 0) is 22.6 Å². The molecule has 0 radical (unpaired) electrons. The predicted octanol–water partition coefficient (Wildman–Crippen LogP) is -0.767. The van der Waals surface area contributed by atoms with Gasteiger partial charge in [0.25, 0.3) is 0 Å². The van der Waals surface area contributed by atoms with Crippen LogP contribution in [0.4, 0.5) is 0 Å². The third-order valence-corrected chi connectivity index (χ3v) is 1.71. The summed E-state index contributed by atoms with van der Waals surface area (Å²) in [5, 5.41) is 0. The SMILES string of the molecule is [C-]#Cc1ccc(I)cc1.[Li+]. The van der Waals surface area contributed by atoms with Crippen molar-refractivity contribution in [3.05, 3.63) is 39.8 Å². The minimum Gasteiger partial charge on any atom is -0.366 e. The van der Waals surface area contributed by atoms with Crippen molar-refractivity contribution in [3.63, 3.8) is 0 Å². The molecule has 1 aromatic carbocycles. The molecule has 0 unspecified atom stereocenters. The second-order valence-electron chi connectivity index (χ2n) is 1.63. The Morgan fingerprint density at radius 1 is 1.20 bits per heavy atom. The molecule has 0 heterocycles. The summed E-state index contributed by atoms with van der Waals surface area (Å²) in [7, 11) is 0. The van der Waals surface area contributed by atoms with Crippen LogP contribution in [0.1, 0.15) is 5.56 Å². The van der Waals surface area contributed by atoms with Gasteiger partial charge in [-0.2, -0.15) is 0 Å². The maximum absolute atomic E-state index is 6.76. The summed E-state index contributed by atoms with van der Waals surface area (Å²) in [5.74, 6) is 2.30. The van der Waals surface area contributed by atoms with E-state index in [0.29, 0.717) is 0 Å². The van der Waals surface area contributed by atoms with Gasteiger partial charge in [-0.3, -0.25) is 5.92 Å². The molecule has 10 heavy (non-hydrogen) atoms. The van der Waals surface area contributed by atoms with E-state index in [0.717, 1.165) is 5.56 Å². The van der Waals surface area contributed by atoms with Crippen LogP contribution in [0.15, 0.2) is 24.3 Å². The minimum atomic E-state index is 0. The number of rotatable bonds is 0. The summed E-state index contributed by atoms with van der Waals surface area (Å²) in [6.45, 7) is 0. The normalized spacial score (nSPS) is 7.60. The van der Waals surface area contributed by atoms with Crippen LogP contribution in [0.25, 0.3) is 0 Å². The summed E-state index contributed by atoms with van der Waals surface area (Å²) in [6, 6.07) is 7.65. The summed E-state index contributed by atoms with van der Waals surface area (Å²) in [5.41, 5.74) is 0.829. The number of benzene rings is 1. The summed E-state index contributed by atoms with van der Waals surface area (Å²) in [4.78, 5) is 0. The van der Waals surface area contributed by atoms with Gasteiger partial charge in [0.2, 0.25) is 0 Å². The molecule has 0 saturated carbocycles. The van der Waals surface area contributed by atoms with Crippen LogP contribution in [0.2, 0.25) is 0 Å². The molecule has 0 N–H and O–H groups in total. The Morgan fingerprint density at radius 3 is 2.10 bits per heavy atom. The van der Waals surface area contributed by atoms with Gasteiger partial charge in [0.15, 0.2) is 0 Å². The molecule has 44 valence electrons. The first-order valence-corrected chi connectivity index (χ1v) is 3.59. The molecule has 0 saturated heterocycles. The molecule has 0 aliphatic heterocycles. The molecule has 1 rings (SSSR count). The zero-order chi connectivity index (χ0) is 6.69. The third-order valence-electron chi connectivity index (χ3n) is 0.989. The largest absolute Gasteiger partial charge is 1.00 e. The molecular formula is C8H4ILi. The van der Waals surface area contributed by atoms with Crippen LogP contribution in [0, 0.1) is 15.9 Å². The Labute approximate surface area is 86.7 Å². The van der Waals surface area contributed by atoms with Gasteiger partial charge in [-0.15, -0.1) is 17.7 Å². The first-order chi connectivity index (χ1) is 4.33. The summed E-state index contributed by atoms with van der Waals surface area (Å²) < 4.78 is 1.19. The standard InChI is InChI=1S/C8H4I.Li/c1-2-7-3-5-8(9)6-4-7;/h3-6H;/q-1;+1. The topological polar surface area (TPSA) is 0 Å². The Hall–Kier alpha value is 0.107. The Balaban J connectivity index is 0.000000810. The molecule has 1 aromatic rings. The van der Waals surface area contributed by atoms with Crippen molar-refractivity contribution in [3.8, 4) is 5.92 Å². The monoisotopic (exact) mass is 234 g/mol. The zero-order valence-electron chi connectivity index (χ0n) is 5.69. The fraction of sp³-hybridized carbons (Fsp3) is 0. The summed E-state index contributed by atoms with van der Waals surface area (Å²) in [6.07, 6.45) is 6.76. The second-order valence-corrected chi connectivity index (χ2v) is 2.88. The fourth-order valence-electron chi connectivity index (χ4n) is 0.533. The maximum atomic E-state index is 6.76. The van der Waals surface area contributed by atoms with E-state index in [-0.39, 0.29) is 18.9 Å². The van der Waals surface area contributed by atoms with E-state index >= 15 is 0 Å². The second kappa shape index (κ2) is 4.85. The smallest absolute Gasteiger partial charge is 0.366 e. The van der Waals surface area contributed by atoms with Gasteiger partial charge in [-0.1, -0.05) is 12.1 Å². The zero-order valence-corrected chi connectivity index (χ0v) is 7.84. The molecule has 0 aromatic heterocycles. The van der Waals surface area contributed by atoms with E-state index in [1.807, 2.05) is 24.3 Å².